The molecule has 0 fully saturated rings. The van der Waals surface area contributed by atoms with Crippen molar-refractivity contribution in [2.75, 3.05) is 16.8 Å². The molecule has 0 saturated carbocycles. The molecule has 272 valence electrons. The summed E-state index contributed by atoms with van der Waals surface area (Å²) < 4.78 is 135. The average molecular weight is 723 g/mol. The Labute approximate surface area is 279 Å². The van der Waals surface area contributed by atoms with Crippen molar-refractivity contribution in [1.29, 1.82) is 0 Å². The molecule has 18 heteroatoms. The Balaban J connectivity index is 1.88. The van der Waals surface area contributed by atoms with E-state index >= 15 is 0 Å². The van der Waals surface area contributed by atoms with Gasteiger partial charge in [-0.3, -0.25) is 4.90 Å². The van der Waals surface area contributed by atoms with Crippen molar-refractivity contribution in [3.05, 3.63) is 76.6 Å². The third-order valence-corrected chi connectivity index (χ3v) is 8.17. The molecule has 2 aromatic carbocycles. The van der Waals surface area contributed by atoms with Gasteiger partial charge in [-0.25, -0.2) is 19.6 Å². The number of carbonyl (C=O) groups is 2. The molecule has 9 nitrogen and oxygen atoms in total. The molecular formula is C32H31F9N4O5. The first-order valence-corrected chi connectivity index (χ1v) is 15.2. The summed E-state index contributed by atoms with van der Waals surface area (Å²) >= 11 is 0. The highest BCUT2D eigenvalue weighted by molar-refractivity contribution is 5.92. The van der Waals surface area contributed by atoms with Crippen molar-refractivity contribution < 1.29 is 63.7 Å². The number of fused-ring (bicyclic) bond motifs is 1. The first-order chi connectivity index (χ1) is 23.2. The molecule has 1 aliphatic rings. The van der Waals surface area contributed by atoms with E-state index in [0.29, 0.717) is 18.2 Å². The molecule has 0 spiro atoms. The van der Waals surface area contributed by atoms with Crippen LogP contribution in [0.4, 0.5) is 55.9 Å². The normalized spacial score (nSPS) is 18.6. The molecule has 1 amide bonds. The number of amides is 1. The monoisotopic (exact) mass is 722 g/mol. The van der Waals surface area contributed by atoms with Crippen LogP contribution in [0.25, 0.3) is 0 Å². The Hall–Kier alpha value is -4.77. The van der Waals surface area contributed by atoms with E-state index in [1.54, 1.807) is 6.92 Å². The molecule has 2 heterocycles. The quantitative estimate of drug-likeness (QED) is 0.200. The van der Waals surface area contributed by atoms with E-state index in [1.165, 1.54) is 13.8 Å². The fourth-order valence-corrected chi connectivity index (χ4v) is 5.82. The summed E-state index contributed by atoms with van der Waals surface area (Å²) in [5, 5.41) is 12.1. The lowest BCUT2D eigenvalue weighted by atomic mass is 9.75. The number of ether oxygens (including phenoxy) is 2. The van der Waals surface area contributed by atoms with Crippen molar-refractivity contribution in [2.45, 2.75) is 82.7 Å². The second-order valence-corrected chi connectivity index (χ2v) is 11.5. The molecule has 0 aliphatic carbocycles. The molecule has 1 aromatic heterocycles. The van der Waals surface area contributed by atoms with Gasteiger partial charge in [0, 0.05) is 0 Å². The van der Waals surface area contributed by atoms with Crippen LogP contribution in [0.2, 0.25) is 0 Å². The van der Waals surface area contributed by atoms with Crippen molar-refractivity contribution in [3.63, 3.8) is 0 Å². The molecule has 2 N–H and O–H groups in total. The lowest BCUT2D eigenvalue weighted by Crippen LogP contribution is -2.57. The summed E-state index contributed by atoms with van der Waals surface area (Å²) in [5.41, 5.74) is -6.63. The van der Waals surface area contributed by atoms with E-state index in [0.717, 1.165) is 29.4 Å². The van der Waals surface area contributed by atoms with Gasteiger partial charge in [0.1, 0.15) is 0 Å². The summed E-state index contributed by atoms with van der Waals surface area (Å²) in [6, 6.07) is 2.27. The van der Waals surface area contributed by atoms with Crippen LogP contribution in [-0.2, 0) is 34.5 Å². The highest BCUT2D eigenvalue weighted by Gasteiger charge is 2.49. The van der Waals surface area contributed by atoms with Gasteiger partial charge < -0.3 is 19.9 Å². The molecular weight excluding hydrogens is 691 g/mol. The van der Waals surface area contributed by atoms with Crippen LogP contribution in [0.15, 0.2) is 48.8 Å². The van der Waals surface area contributed by atoms with Gasteiger partial charge in [0.25, 0.3) is 0 Å². The summed E-state index contributed by atoms with van der Waals surface area (Å²) in [4.78, 5) is 34.0. The molecule has 0 radical (unpaired) electrons. The second kappa shape index (κ2) is 14.2. The van der Waals surface area contributed by atoms with Crippen LogP contribution < -0.4 is 15.0 Å². The third-order valence-electron chi connectivity index (χ3n) is 8.17. The van der Waals surface area contributed by atoms with E-state index in [9.17, 15) is 54.2 Å². The minimum absolute atomic E-state index is 0.0334. The van der Waals surface area contributed by atoms with Gasteiger partial charge >= 0.3 is 30.6 Å². The number of aromatic nitrogens is 2. The van der Waals surface area contributed by atoms with Crippen LogP contribution in [-0.4, -0.2) is 45.4 Å². The Morgan fingerprint density at radius 1 is 0.920 bits per heavy atom. The number of nitrogens with zero attached hydrogens (tertiary/aromatic N) is 3. The number of carbonyl (C=O) groups excluding carboxylic acids is 1. The molecule has 3 atom stereocenters. The number of alkyl halides is 9. The Morgan fingerprint density at radius 2 is 1.50 bits per heavy atom. The predicted molar refractivity (Wildman–Crippen MR) is 159 cm³/mol. The number of hydrogen-bond donors (Lipinski definition) is 2. The number of carboxylic acid groups (broad SMARTS) is 1. The first-order valence-electron chi connectivity index (χ1n) is 15.2. The van der Waals surface area contributed by atoms with Gasteiger partial charge in [-0.15, -0.1) is 0 Å². The van der Waals surface area contributed by atoms with Gasteiger partial charge in [0.05, 0.1) is 53.0 Å². The lowest BCUT2D eigenvalue weighted by Gasteiger charge is -2.50. The first kappa shape index (κ1) is 38.0. The van der Waals surface area contributed by atoms with Gasteiger partial charge in [-0.1, -0.05) is 13.8 Å². The predicted octanol–water partition coefficient (Wildman–Crippen LogP) is 8.69. The standard InChI is InChI=1S/C32H31F9N4O5/c1-4-25(26(46)47)50-21-15-42-27(43-16-21)44-23-14-29(5-2,13-17-9-19(31(36,37)38)11-20(10-17)32(39,40)41)45(28(48)49-6-3)24-8-7-18(12-22(23)24)30(33,34)35/h7-12,15-16,23,25H,4-6,13-14H2,1-3H3,(H,46,47)(H,42,43,44)/t23-,25?,29+/m0/s1. The highest BCUT2D eigenvalue weighted by atomic mass is 19.4. The van der Waals surface area contributed by atoms with Gasteiger partial charge in [0.15, 0.2) is 11.9 Å². The lowest BCUT2D eigenvalue weighted by molar-refractivity contribution is -0.145. The molecule has 3 aromatic rings. The zero-order valence-corrected chi connectivity index (χ0v) is 26.6. The summed E-state index contributed by atoms with van der Waals surface area (Å²) in [7, 11) is 0. The number of carboxylic acids is 1. The number of aliphatic carboxylic acids is 1. The van der Waals surface area contributed by atoms with Crippen molar-refractivity contribution in [2.24, 2.45) is 0 Å². The summed E-state index contributed by atoms with van der Waals surface area (Å²) in [5.74, 6) is -1.49. The number of benzene rings is 2. The number of hydrogen-bond acceptors (Lipinski definition) is 7. The minimum atomic E-state index is -5.16. The van der Waals surface area contributed by atoms with E-state index in [1.807, 2.05) is 0 Å². The third kappa shape index (κ3) is 8.33. The van der Waals surface area contributed by atoms with E-state index in [2.05, 4.69) is 15.3 Å². The zero-order chi connectivity index (χ0) is 37.2. The van der Waals surface area contributed by atoms with Crippen LogP contribution >= 0.6 is 0 Å². The van der Waals surface area contributed by atoms with Crippen molar-refractivity contribution in [1.82, 2.24) is 9.97 Å². The van der Waals surface area contributed by atoms with Crippen LogP contribution in [0.1, 0.15) is 73.9 Å². The topological polar surface area (TPSA) is 114 Å². The molecule has 4 rings (SSSR count). The number of rotatable bonds is 10. The maximum atomic E-state index is 13.9. The largest absolute Gasteiger partial charge is 0.479 e. The average Bonchev–Trinajstić information content (AvgIpc) is 3.02. The van der Waals surface area contributed by atoms with Crippen LogP contribution in [0, 0.1) is 0 Å². The second-order valence-electron chi connectivity index (χ2n) is 11.5. The number of halogens is 9. The minimum Gasteiger partial charge on any atom is -0.479 e. The summed E-state index contributed by atoms with van der Waals surface area (Å²) in [6.07, 6.45) is -16.2. The SMILES string of the molecule is CCOC(=O)N1c2ccc(C(F)(F)F)cc2[C@@H](Nc2ncc(OC(CC)C(=O)O)cn2)C[C@@]1(CC)Cc1cc(C(F)(F)F)cc(C(F)(F)F)c1. The fraction of sp³-hybridized carbons (Fsp3) is 0.438. The van der Waals surface area contributed by atoms with Crippen molar-refractivity contribution in [3.8, 4) is 5.75 Å². The maximum absolute atomic E-state index is 13.9. The van der Waals surface area contributed by atoms with E-state index in [4.69, 9.17) is 9.47 Å². The molecule has 1 unspecified atom stereocenters. The van der Waals surface area contributed by atoms with Gasteiger partial charge in [0.2, 0.25) is 5.95 Å². The van der Waals surface area contributed by atoms with Gasteiger partial charge in [-0.05, 0) is 80.1 Å². The summed E-state index contributed by atoms with van der Waals surface area (Å²) in [6.45, 7) is 4.32. The van der Waals surface area contributed by atoms with E-state index < -0.39 is 77.0 Å². The zero-order valence-electron chi connectivity index (χ0n) is 26.6. The molecule has 50 heavy (non-hydrogen) atoms. The number of nitrogens with one attached hydrogen (secondary N) is 1. The molecule has 1 aliphatic heterocycles. The van der Waals surface area contributed by atoms with E-state index in [-0.39, 0.29) is 54.9 Å². The molecule has 0 saturated heterocycles. The van der Waals surface area contributed by atoms with Crippen LogP contribution in [0.5, 0.6) is 5.75 Å². The molecule has 0 bridgehead atoms. The van der Waals surface area contributed by atoms with Crippen LogP contribution in [0.3, 0.4) is 0 Å². The highest BCUT2D eigenvalue weighted by Crippen LogP contribution is 2.49. The Morgan fingerprint density at radius 3 is 1.98 bits per heavy atom. The Bertz CT molecular complexity index is 1660. The smallest absolute Gasteiger partial charge is 0.416 e. The number of anilines is 2. The van der Waals surface area contributed by atoms with Crippen molar-refractivity contribution >= 4 is 23.7 Å². The maximum Gasteiger partial charge on any atom is 0.416 e. The Kier molecular flexibility index (Phi) is 10.8. The van der Waals surface area contributed by atoms with Gasteiger partial charge in [-0.2, -0.15) is 39.5 Å². The fourth-order valence-electron chi connectivity index (χ4n) is 5.82.